The molecule has 1 N–H and O–H groups in total. The summed E-state index contributed by atoms with van der Waals surface area (Å²) < 4.78 is 6.04. The summed E-state index contributed by atoms with van der Waals surface area (Å²) in [7, 11) is 0. The van der Waals surface area contributed by atoms with Crippen molar-refractivity contribution in [1.29, 1.82) is 0 Å². The minimum atomic E-state index is -0.676. The van der Waals surface area contributed by atoms with Crippen molar-refractivity contribution in [2.75, 3.05) is 0 Å². The van der Waals surface area contributed by atoms with Crippen LogP contribution in [0.3, 0.4) is 0 Å². The highest BCUT2D eigenvalue weighted by Crippen LogP contribution is 2.56. The molecule has 1 aliphatic heterocycles. The molecule has 3 nitrogen and oxygen atoms in total. The largest absolute Gasteiger partial charge is 0.451 e. The van der Waals surface area contributed by atoms with Gasteiger partial charge in [0.05, 0.1) is 11.7 Å². The molecule has 0 unspecified atom stereocenters. The zero-order chi connectivity index (χ0) is 21.7. The van der Waals surface area contributed by atoms with E-state index in [2.05, 4.69) is 33.8 Å². The Morgan fingerprint density at radius 1 is 1.10 bits per heavy atom. The van der Waals surface area contributed by atoms with Crippen LogP contribution in [0.5, 0.6) is 0 Å². The summed E-state index contributed by atoms with van der Waals surface area (Å²) in [5, 5.41) is 10.7. The number of carbonyl (C=O) groups excluding carboxylic acids is 1. The fourth-order valence-electron chi connectivity index (χ4n) is 6.04. The maximum absolute atomic E-state index is 12.7. The van der Waals surface area contributed by atoms with Crippen LogP contribution in [0.15, 0.2) is 23.3 Å². The Hall–Kier alpha value is -1.09. The molecule has 0 aromatic carbocycles. The summed E-state index contributed by atoms with van der Waals surface area (Å²) >= 11 is 0. The number of aliphatic hydroxyl groups is 1. The van der Waals surface area contributed by atoms with Crippen molar-refractivity contribution in [1.82, 2.24) is 0 Å². The van der Waals surface area contributed by atoms with E-state index in [0.717, 1.165) is 19.3 Å². The van der Waals surface area contributed by atoms with Gasteiger partial charge >= 0.3 is 5.97 Å². The molecular weight excluding hydrogens is 372 g/mol. The van der Waals surface area contributed by atoms with Gasteiger partial charge < -0.3 is 9.84 Å². The third-order valence-electron chi connectivity index (χ3n) is 7.95. The smallest absolute Gasteiger partial charge is 0.337 e. The number of aliphatic hydroxyl groups excluding tert-OH is 1. The van der Waals surface area contributed by atoms with E-state index in [1.807, 2.05) is 6.08 Å². The molecule has 4 aliphatic rings. The lowest BCUT2D eigenvalue weighted by atomic mass is 9.56. The Labute approximate surface area is 184 Å². The molecule has 3 aliphatic carbocycles. The molecular formula is C27H44O3. The van der Waals surface area contributed by atoms with E-state index in [0.29, 0.717) is 29.7 Å². The predicted octanol–water partition coefficient (Wildman–Crippen LogP) is 6.75. The van der Waals surface area contributed by atoms with E-state index in [9.17, 15) is 9.90 Å². The summed E-state index contributed by atoms with van der Waals surface area (Å²) in [6, 6.07) is 0. The van der Waals surface area contributed by atoms with Gasteiger partial charge in [-0.25, -0.2) is 4.79 Å². The Kier molecular flexibility index (Phi) is 8.24. The highest BCUT2D eigenvalue weighted by molar-refractivity contribution is 5.92. The van der Waals surface area contributed by atoms with Crippen LogP contribution < -0.4 is 0 Å². The van der Waals surface area contributed by atoms with E-state index < -0.39 is 11.7 Å². The number of rotatable bonds is 12. The van der Waals surface area contributed by atoms with Gasteiger partial charge in [0.1, 0.15) is 5.60 Å². The fourth-order valence-corrected chi connectivity index (χ4v) is 6.04. The molecule has 0 aromatic heterocycles. The van der Waals surface area contributed by atoms with Crippen LogP contribution in [-0.4, -0.2) is 22.8 Å². The van der Waals surface area contributed by atoms with Gasteiger partial charge in [-0.05, 0) is 50.0 Å². The Bertz CT molecular complexity index is 646. The van der Waals surface area contributed by atoms with Crippen molar-refractivity contribution >= 4 is 5.97 Å². The van der Waals surface area contributed by atoms with Gasteiger partial charge in [0.2, 0.25) is 0 Å². The third-order valence-corrected chi connectivity index (χ3v) is 7.95. The van der Waals surface area contributed by atoms with E-state index in [1.165, 1.54) is 56.9 Å². The predicted molar refractivity (Wildman–Crippen MR) is 123 cm³/mol. The average molecular weight is 417 g/mol. The normalized spacial score (nSPS) is 31.3. The number of fused-ring (bicyclic) bond motifs is 1. The monoisotopic (exact) mass is 416 g/mol. The minimum absolute atomic E-state index is 0.254. The van der Waals surface area contributed by atoms with Crippen LogP contribution in [0.2, 0.25) is 0 Å². The molecule has 0 radical (unpaired) electrons. The summed E-state index contributed by atoms with van der Waals surface area (Å²) in [6.45, 7) is 9.04. The van der Waals surface area contributed by atoms with Gasteiger partial charge in [-0.2, -0.15) is 0 Å². The lowest BCUT2D eigenvalue weighted by molar-refractivity contribution is -0.158. The van der Waals surface area contributed by atoms with Gasteiger partial charge in [0, 0.05) is 5.92 Å². The lowest BCUT2D eigenvalue weighted by Crippen LogP contribution is -2.51. The van der Waals surface area contributed by atoms with Gasteiger partial charge in [0.25, 0.3) is 0 Å². The van der Waals surface area contributed by atoms with Crippen molar-refractivity contribution in [2.45, 2.75) is 116 Å². The van der Waals surface area contributed by atoms with Crippen molar-refractivity contribution in [3.8, 4) is 0 Å². The number of esters is 1. The number of ether oxygens (including phenoxy) is 1. The third kappa shape index (κ3) is 5.21. The summed E-state index contributed by atoms with van der Waals surface area (Å²) in [6.07, 6.45) is 17.8. The molecule has 0 aromatic rings. The molecule has 5 atom stereocenters. The van der Waals surface area contributed by atoms with Crippen LogP contribution in [0, 0.1) is 23.7 Å². The first-order valence-corrected chi connectivity index (χ1v) is 12.7. The van der Waals surface area contributed by atoms with Gasteiger partial charge in [-0.3, -0.25) is 0 Å². The number of hydrogen-bond acceptors (Lipinski definition) is 3. The molecule has 1 fully saturated rings. The summed E-state index contributed by atoms with van der Waals surface area (Å²) in [5.74, 6) is 1.59. The topological polar surface area (TPSA) is 46.5 Å². The van der Waals surface area contributed by atoms with Crippen LogP contribution >= 0.6 is 0 Å². The molecule has 2 bridgehead atoms. The summed E-state index contributed by atoms with van der Waals surface area (Å²) in [5.41, 5.74) is 1.47. The molecule has 1 heterocycles. The first-order valence-electron chi connectivity index (χ1n) is 12.7. The molecule has 170 valence electrons. The Morgan fingerprint density at radius 3 is 2.33 bits per heavy atom. The van der Waals surface area contributed by atoms with Gasteiger partial charge in [-0.15, -0.1) is 0 Å². The molecule has 4 rings (SSSR count). The second kappa shape index (κ2) is 10.5. The van der Waals surface area contributed by atoms with Crippen LogP contribution in [0.1, 0.15) is 105 Å². The van der Waals surface area contributed by atoms with E-state index in [4.69, 9.17) is 4.74 Å². The standard InChI is InChI=1S/C27H44O3/c1-5-6-7-8-9-10-11-12-13-14-25(28)23-18-27(30-26(23)29)17-21-16-22(19(2)3)24(27)15-20(21)4/h15,18-19,21-22,24-25,28H,5-14,16-17H2,1-4H3/t21-,22-,24+,25+,27-/m1/s1. The molecule has 1 spiro atoms. The number of unbranched alkanes of at least 4 members (excludes halogenated alkanes) is 8. The molecule has 0 amide bonds. The number of carbonyl (C=O) groups is 1. The molecule has 30 heavy (non-hydrogen) atoms. The van der Waals surface area contributed by atoms with Crippen LogP contribution in [0.25, 0.3) is 0 Å². The van der Waals surface area contributed by atoms with Crippen molar-refractivity contribution in [2.24, 2.45) is 23.7 Å². The number of hydrogen-bond donors (Lipinski definition) is 1. The quantitative estimate of drug-likeness (QED) is 0.217. The lowest BCUT2D eigenvalue weighted by Gasteiger charge is -2.51. The minimum Gasteiger partial charge on any atom is -0.451 e. The zero-order valence-corrected chi connectivity index (χ0v) is 19.8. The highest BCUT2D eigenvalue weighted by atomic mass is 16.6. The van der Waals surface area contributed by atoms with E-state index >= 15 is 0 Å². The van der Waals surface area contributed by atoms with Crippen molar-refractivity contribution < 1.29 is 14.6 Å². The second-order valence-electron chi connectivity index (χ2n) is 10.6. The second-order valence-corrected chi connectivity index (χ2v) is 10.6. The molecule has 1 saturated carbocycles. The van der Waals surface area contributed by atoms with E-state index in [1.54, 1.807) is 0 Å². The van der Waals surface area contributed by atoms with Crippen LogP contribution in [0.4, 0.5) is 0 Å². The van der Waals surface area contributed by atoms with Gasteiger partial charge in [-0.1, -0.05) is 90.2 Å². The van der Waals surface area contributed by atoms with Gasteiger partial charge in [0.15, 0.2) is 0 Å². The fraction of sp³-hybridized carbons (Fsp3) is 0.815. The van der Waals surface area contributed by atoms with Crippen LogP contribution in [-0.2, 0) is 9.53 Å². The molecule has 0 saturated heterocycles. The average Bonchev–Trinajstić information content (AvgIpc) is 3.03. The molecule has 3 heteroatoms. The maximum atomic E-state index is 12.7. The maximum Gasteiger partial charge on any atom is 0.337 e. The first kappa shape index (κ1) is 23.6. The van der Waals surface area contributed by atoms with Crippen molar-refractivity contribution in [3.63, 3.8) is 0 Å². The van der Waals surface area contributed by atoms with Crippen molar-refractivity contribution in [3.05, 3.63) is 23.3 Å². The Balaban J connectivity index is 1.51. The van der Waals surface area contributed by atoms with E-state index in [-0.39, 0.29) is 11.9 Å². The zero-order valence-electron chi connectivity index (χ0n) is 19.8. The first-order chi connectivity index (χ1) is 14.4. The highest BCUT2D eigenvalue weighted by Gasteiger charge is 2.56. The number of allylic oxidation sites excluding steroid dienone is 1. The SMILES string of the molecule is CCCCCCCCCCC[C@H](O)C1=C[C@@]2(C[C@H]3C[C@H](C(C)C)[C@@H]2C=C3C)OC1=O. The Morgan fingerprint density at radius 2 is 1.73 bits per heavy atom. The summed E-state index contributed by atoms with van der Waals surface area (Å²) in [4.78, 5) is 12.7.